The molecular formula is C18H26N2O3. The van der Waals surface area contributed by atoms with E-state index < -0.39 is 0 Å². The summed E-state index contributed by atoms with van der Waals surface area (Å²) >= 11 is 0. The summed E-state index contributed by atoms with van der Waals surface area (Å²) in [7, 11) is 0. The van der Waals surface area contributed by atoms with E-state index in [0.29, 0.717) is 30.8 Å². The summed E-state index contributed by atoms with van der Waals surface area (Å²) < 4.78 is 5.19. The van der Waals surface area contributed by atoms with Crippen molar-refractivity contribution in [1.82, 2.24) is 10.2 Å². The zero-order valence-corrected chi connectivity index (χ0v) is 13.8. The molecule has 0 aromatic carbocycles. The Morgan fingerprint density at radius 3 is 2.78 bits per heavy atom. The van der Waals surface area contributed by atoms with Crippen LogP contribution >= 0.6 is 0 Å². The maximum Gasteiger partial charge on any atom is 0.289 e. The molecular weight excluding hydrogens is 292 g/mol. The molecule has 23 heavy (non-hydrogen) atoms. The van der Waals surface area contributed by atoms with E-state index in [1.807, 2.05) is 0 Å². The fourth-order valence-corrected chi connectivity index (χ4v) is 3.76. The van der Waals surface area contributed by atoms with E-state index in [2.05, 4.69) is 12.2 Å². The van der Waals surface area contributed by atoms with Gasteiger partial charge in [0.25, 0.3) is 5.91 Å². The number of nitrogens with zero attached hydrogens (tertiary/aromatic N) is 1. The standard InChI is InChI=1S/C18H26N2O3/c1-13-6-2-3-8-15(13)19-17(21)14-7-4-10-20(12-14)18(22)16-9-5-11-23-16/h5,9,11,13-15H,2-4,6-8,10,12H2,1H3,(H,19,21). The SMILES string of the molecule is CC1CCCCC1NC(=O)C1CCCN(C(=O)c2ccco2)C1. The normalized spacial score (nSPS) is 28.4. The van der Waals surface area contributed by atoms with Crippen LogP contribution in [0.15, 0.2) is 22.8 Å². The lowest BCUT2D eigenvalue weighted by Gasteiger charge is -2.34. The van der Waals surface area contributed by atoms with Crippen LogP contribution in [-0.4, -0.2) is 35.8 Å². The van der Waals surface area contributed by atoms with Crippen molar-refractivity contribution in [2.45, 2.75) is 51.5 Å². The van der Waals surface area contributed by atoms with Gasteiger partial charge in [0.15, 0.2) is 5.76 Å². The van der Waals surface area contributed by atoms with Crippen LogP contribution in [0.1, 0.15) is 56.0 Å². The predicted octanol–water partition coefficient (Wildman–Crippen LogP) is 2.83. The average molecular weight is 318 g/mol. The van der Waals surface area contributed by atoms with Crippen LogP contribution in [0.3, 0.4) is 0 Å². The second-order valence-electron chi connectivity index (χ2n) is 6.94. The molecule has 1 N–H and O–H groups in total. The Morgan fingerprint density at radius 2 is 2.04 bits per heavy atom. The molecule has 1 aliphatic heterocycles. The van der Waals surface area contributed by atoms with Crippen molar-refractivity contribution in [2.75, 3.05) is 13.1 Å². The van der Waals surface area contributed by atoms with Crippen molar-refractivity contribution in [3.8, 4) is 0 Å². The van der Waals surface area contributed by atoms with Gasteiger partial charge < -0.3 is 14.6 Å². The van der Waals surface area contributed by atoms with Gasteiger partial charge in [-0.15, -0.1) is 0 Å². The lowest BCUT2D eigenvalue weighted by molar-refractivity contribution is -0.127. The molecule has 1 aromatic rings. The van der Waals surface area contributed by atoms with Gasteiger partial charge in [0.1, 0.15) is 0 Å². The summed E-state index contributed by atoms with van der Waals surface area (Å²) in [5.41, 5.74) is 0. The molecule has 1 saturated carbocycles. The first kappa shape index (κ1) is 16.1. The molecule has 0 spiro atoms. The van der Waals surface area contributed by atoms with Gasteiger partial charge in [-0.2, -0.15) is 0 Å². The first-order chi connectivity index (χ1) is 11.1. The smallest absolute Gasteiger partial charge is 0.289 e. The number of furan rings is 1. The van der Waals surface area contributed by atoms with Gasteiger partial charge in [0.05, 0.1) is 12.2 Å². The van der Waals surface area contributed by atoms with Crippen LogP contribution in [0.2, 0.25) is 0 Å². The summed E-state index contributed by atoms with van der Waals surface area (Å²) in [5, 5.41) is 3.23. The molecule has 126 valence electrons. The number of hydrogen-bond acceptors (Lipinski definition) is 3. The minimum atomic E-state index is -0.112. The fraction of sp³-hybridized carbons (Fsp3) is 0.667. The van der Waals surface area contributed by atoms with Crippen LogP contribution in [0.5, 0.6) is 0 Å². The van der Waals surface area contributed by atoms with E-state index in [9.17, 15) is 9.59 Å². The summed E-state index contributed by atoms with van der Waals surface area (Å²) in [6.07, 6.45) is 7.96. The largest absolute Gasteiger partial charge is 0.459 e. The highest BCUT2D eigenvalue weighted by molar-refractivity contribution is 5.92. The average Bonchev–Trinajstić information content (AvgIpc) is 3.11. The van der Waals surface area contributed by atoms with Gasteiger partial charge in [-0.25, -0.2) is 0 Å². The summed E-state index contributed by atoms with van der Waals surface area (Å²) in [5.74, 6) is 0.806. The van der Waals surface area contributed by atoms with E-state index in [0.717, 1.165) is 19.3 Å². The molecule has 5 heteroatoms. The molecule has 0 bridgehead atoms. The minimum Gasteiger partial charge on any atom is -0.459 e. The molecule has 2 fully saturated rings. The molecule has 3 rings (SSSR count). The number of rotatable bonds is 3. The van der Waals surface area contributed by atoms with E-state index in [4.69, 9.17) is 4.42 Å². The van der Waals surface area contributed by atoms with E-state index in [1.54, 1.807) is 17.0 Å². The van der Waals surface area contributed by atoms with E-state index >= 15 is 0 Å². The van der Waals surface area contributed by atoms with Gasteiger partial charge in [-0.3, -0.25) is 9.59 Å². The second-order valence-corrected chi connectivity index (χ2v) is 6.94. The highest BCUT2D eigenvalue weighted by atomic mass is 16.3. The number of nitrogens with one attached hydrogen (secondary N) is 1. The van der Waals surface area contributed by atoms with Crippen molar-refractivity contribution >= 4 is 11.8 Å². The Balaban J connectivity index is 1.57. The zero-order chi connectivity index (χ0) is 16.2. The van der Waals surface area contributed by atoms with E-state index in [1.165, 1.54) is 25.5 Å². The number of carbonyl (C=O) groups excluding carboxylic acids is 2. The first-order valence-electron chi connectivity index (χ1n) is 8.78. The molecule has 5 nitrogen and oxygen atoms in total. The van der Waals surface area contributed by atoms with Gasteiger partial charge in [-0.1, -0.05) is 19.8 Å². The molecule has 0 radical (unpaired) electrons. The Labute approximate surface area is 137 Å². The highest BCUT2D eigenvalue weighted by Gasteiger charge is 2.32. The minimum absolute atomic E-state index is 0.100. The van der Waals surface area contributed by atoms with Crippen molar-refractivity contribution in [3.63, 3.8) is 0 Å². The third kappa shape index (κ3) is 3.77. The Hall–Kier alpha value is -1.78. The molecule has 2 heterocycles. The van der Waals surface area contributed by atoms with Crippen molar-refractivity contribution < 1.29 is 14.0 Å². The fourth-order valence-electron chi connectivity index (χ4n) is 3.76. The van der Waals surface area contributed by atoms with Crippen molar-refractivity contribution in [3.05, 3.63) is 24.2 Å². The highest BCUT2D eigenvalue weighted by Crippen LogP contribution is 2.25. The Morgan fingerprint density at radius 1 is 1.22 bits per heavy atom. The van der Waals surface area contributed by atoms with Crippen molar-refractivity contribution in [2.24, 2.45) is 11.8 Å². The molecule has 2 aliphatic rings. The zero-order valence-electron chi connectivity index (χ0n) is 13.8. The van der Waals surface area contributed by atoms with Gasteiger partial charge in [0.2, 0.25) is 5.91 Å². The third-order valence-corrected chi connectivity index (χ3v) is 5.25. The number of carbonyl (C=O) groups is 2. The van der Waals surface area contributed by atoms with Crippen LogP contribution in [0.4, 0.5) is 0 Å². The first-order valence-corrected chi connectivity index (χ1v) is 8.78. The maximum absolute atomic E-state index is 12.6. The maximum atomic E-state index is 12.6. The molecule has 1 saturated heterocycles. The monoisotopic (exact) mass is 318 g/mol. The second kappa shape index (κ2) is 7.20. The summed E-state index contributed by atoms with van der Waals surface area (Å²) in [6, 6.07) is 3.69. The summed E-state index contributed by atoms with van der Waals surface area (Å²) in [6.45, 7) is 3.41. The summed E-state index contributed by atoms with van der Waals surface area (Å²) in [4.78, 5) is 26.7. The lowest BCUT2D eigenvalue weighted by Crippen LogP contribution is -2.49. The van der Waals surface area contributed by atoms with Crippen LogP contribution in [0, 0.1) is 11.8 Å². The molecule has 1 aromatic heterocycles. The number of hydrogen-bond donors (Lipinski definition) is 1. The third-order valence-electron chi connectivity index (χ3n) is 5.25. The lowest BCUT2D eigenvalue weighted by atomic mass is 9.85. The molecule has 2 amide bonds. The number of amides is 2. The number of likely N-dealkylation sites (tertiary alicyclic amines) is 1. The molecule has 3 unspecified atom stereocenters. The van der Waals surface area contributed by atoms with Crippen molar-refractivity contribution in [1.29, 1.82) is 0 Å². The van der Waals surface area contributed by atoms with Gasteiger partial charge in [-0.05, 0) is 43.7 Å². The number of piperidine rings is 1. The Kier molecular flexibility index (Phi) is 5.03. The van der Waals surface area contributed by atoms with Crippen LogP contribution in [-0.2, 0) is 4.79 Å². The Bertz CT molecular complexity index is 540. The quantitative estimate of drug-likeness (QED) is 0.932. The predicted molar refractivity (Wildman–Crippen MR) is 86.9 cm³/mol. The van der Waals surface area contributed by atoms with E-state index in [-0.39, 0.29) is 17.7 Å². The van der Waals surface area contributed by atoms with Crippen LogP contribution in [0.25, 0.3) is 0 Å². The van der Waals surface area contributed by atoms with Gasteiger partial charge >= 0.3 is 0 Å². The van der Waals surface area contributed by atoms with Crippen LogP contribution < -0.4 is 5.32 Å². The molecule has 3 atom stereocenters. The topological polar surface area (TPSA) is 62.6 Å². The van der Waals surface area contributed by atoms with Gasteiger partial charge in [0, 0.05) is 19.1 Å². The molecule has 1 aliphatic carbocycles.